The van der Waals surface area contributed by atoms with Gasteiger partial charge in [0.1, 0.15) is 0 Å². The van der Waals surface area contributed by atoms with Gasteiger partial charge in [-0.3, -0.25) is 8.77 Å². The molecule has 0 saturated carbocycles. The van der Waals surface area contributed by atoms with Crippen LogP contribution in [0, 0.1) is 0 Å². The Kier molecular flexibility index (Phi) is 7.05. The first-order chi connectivity index (χ1) is 12.1. The predicted molar refractivity (Wildman–Crippen MR) is 102 cm³/mol. The van der Waals surface area contributed by atoms with Crippen LogP contribution >= 0.6 is 23.5 Å². The summed E-state index contributed by atoms with van der Waals surface area (Å²) >= 11 is 2.91. The van der Waals surface area contributed by atoms with Gasteiger partial charge in [0.15, 0.2) is 0 Å². The number of benzene rings is 2. The van der Waals surface area contributed by atoms with Crippen LogP contribution in [0.5, 0.6) is 0 Å². The predicted octanol–water partition coefficient (Wildman–Crippen LogP) is 4.64. The molecular formula is C17H16BrF2O4PS. The topological polar surface area (TPSA) is 74.6 Å². The van der Waals surface area contributed by atoms with Crippen molar-refractivity contribution in [2.24, 2.45) is 0 Å². The molecule has 0 aliphatic heterocycles. The average molecular weight is 465 g/mol. The van der Waals surface area contributed by atoms with Crippen LogP contribution in [-0.2, 0) is 26.8 Å². The lowest BCUT2D eigenvalue weighted by atomic mass is 10.1. The van der Waals surface area contributed by atoms with Crippen molar-refractivity contribution in [1.29, 1.82) is 0 Å². The molecule has 0 radical (unpaired) electrons. The largest absolute Gasteiger partial charge is 0.399 e. The molecule has 0 amide bonds. The Hall–Kier alpha value is -1.18. The van der Waals surface area contributed by atoms with Gasteiger partial charge in [-0.15, -0.1) is 0 Å². The molecule has 0 fully saturated rings. The summed E-state index contributed by atoms with van der Waals surface area (Å²) in [6, 6.07) is 13.0. The number of alkyl halides is 2. The van der Waals surface area contributed by atoms with E-state index in [0.29, 0.717) is 11.3 Å². The smallest absolute Gasteiger partial charge is 0.320 e. The Balaban J connectivity index is 2.04. The van der Waals surface area contributed by atoms with Crippen molar-refractivity contribution < 1.29 is 27.3 Å². The van der Waals surface area contributed by atoms with Gasteiger partial charge in [-0.2, -0.15) is 8.78 Å². The van der Waals surface area contributed by atoms with Gasteiger partial charge in [-0.25, -0.2) is 0 Å². The zero-order chi connectivity index (χ0) is 19.4. The van der Waals surface area contributed by atoms with Crippen molar-refractivity contribution >= 4 is 40.4 Å². The second-order valence-corrected chi connectivity index (χ2v) is 9.47. The van der Waals surface area contributed by atoms with Gasteiger partial charge >= 0.3 is 13.3 Å². The monoisotopic (exact) mass is 464 g/mol. The van der Waals surface area contributed by atoms with E-state index in [2.05, 4.69) is 15.9 Å². The molecule has 0 aliphatic carbocycles. The lowest BCUT2D eigenvalue weighted by molar-refractivity contribution is 0.0557. The van der Waals surface area contributed by atoms with Crippen LogP contribution in [0.2, 0.25) is 0 Å². The molecule has 1 atom stereocenters. The van der Waals surface area contributed by atoms with Gasteiger partial charge < -0.3 is 9.79 Å². The Morgan fingerprint density at radius 1 is 1.15 bits per heavy atom. The van der Waals surface area contributed by atoms with Crippen molar-refractivity contribution in [1.82, 2.24) is 0 Å². The molecule has 0 saturated heterocycles. The lowest BCUT2D eigenvalue weighted by Crippen LogP contribution is -2.14. The highest BCUT2D eigenvalue weighted by molar-refractivity contribution is 9.10. The fourth-order valence-corrected chi connectivity index (χ4v) is 4.47. The molecule has 2 aromatic carbocycles. The molecule has 0 bridgehead atoms. The minimum Gasteiger partial charge on any atom is -0.320 e. The fourth-order valence-electron chi connectivity index (χ4n) is 2.15. The molecule has 26 heavy (non-hydrogen) atoms. The summed E-state index contributed by atoms with van der Waals surface area (Å²) < 4.78 is 50.5. The second kappa shape index (κ2) is 8.67. The van der Waals surface area contributed by atoms with Crippen LogP contribution in [0.25, 0.3) is 6.08 Å². The van der Waals surface area contributed by atoms with Crippen LogP contribution in [0.1, 0.15) is 16.7 Å². The maximum absolute atomic E-state index is 13.8. The maximum atomic E-state index is 13.8. The van der Waals surface area contributed by atoms with E-state index in [1.807, 2.05) is 36.4 Å². The third kappa shape index (κ3) is 5.41. The van der Waals surface area contributed by atoms with Crippen LogP contribution < -0.4 is 0 Å². The van der Waals surface area contributed by atoms with E-state index in [4.69, 9.17) is 9.79 Å². The Labute approximate surface area is 160 Å². The summed E-state index contributed by atoms with van der Waals surface area (Å²) in [4.78, 5) is 17.6. The highest BCUT2D eigenvalue weighted by Gasteiger charge is 2.51. The van der Waals surface area contributed by atoms with E-state index in [9.17, 15) is 17.6 Å². The summed E-state index contributed by atoms with van der Waals surface area (Å²) in [6.45, 7) is 0. The van der Waals surface area contributed by atoms with Gasteiger partial charge in [0.2, 0.25) is 0 Å². The van der Waals surface area contributed by atoms with E-state index < -0.39 is 29.6 Å². The molecule has 0 aliphatic rings. The molecule has 2 rings (SSSR count). The summed E-state index contributed by atoms with van der Waals surface area (Å²) in [5, 5.41) is 0. The van der Waals surface area contributed by atoms with Crippen molar-refractivity contribution in [3.63, 3.8) is 0 Å². The molecule has 2 aromatic rings. The first kappa shape index (κ1) is 21.1. The highest BCUT2D eigenvalue weighted by Crippen LogP contribution is 2.60. The zero-order valence-corrected chi connectivity index (χ0v) is 16.7. The Bertz CT molecular complexity index is 868. The van der Waals surface area contributed by atoms with Crippen LogP contribution in [0.15, 0.2) is 59.1 Å². The SMILES string of the molecule is O=S(CC=Cc1ccccc1)Cc1ccc(C(F)(F)P(=O)(O)O)c(Br)c1. The Morgan fingerprint density at radius 2 is 1.81 bits per heavy atom. The van der Waals surface area contributed by atoms with E-state index in [0.717, 1.165) is 11.6 Å². The van der Waals surface area contributed by atoms with Gasteiger partial charge in [0.25, 0.3) is 0 Å². The molecule has 2 N–H and O–H groups in total. The normalized spacial score (nSPS) is 13.9. The standard InChI is InChI=1S/C17H16BrF2O4PS/c18-16-11-14(8-9-15(16)17(19,20)25(21,22)23)12-26(24)10-4-7-13-5-2-1-3-6-13/h1-9,11H,10,12H2,(H2,21,22,23). The molecule has 9 heteroatoms. The first-order valence-corrected chi connectivity index (χ1v) is 11.3. The number of halogens is 3. The van der Waals surface area contributed by atoms with Crippen LogP contribution in [0.4, 0.5) is 8.78 Å². The maximum Gasteiger partial charge on any atom is 0.399 e. The van der Waals surface area contributed by atoms with Gasteiger partial charge in [-0.05, 0) is 17.2 Å². The van der Waals surface area contributed by atoms with Gasteiger partial charge in [-0.1, -0.05) is 70.5 Å². The highest BCUT2D eigenvalue weighted by atomic mass is 79.9. The molecule has 140 valence electrons. The summed E-state index contributed by atoms with van der Waals surface area (Å²) in [5.74, 6) is 0.437. The zero-order valence-electron chi connectivity index (χ0n) is 13.4. The van der Waals surface area contributed by atoms with E-state index >= 15 is 0 Å². The van der Waals surface area contributed by atoms with Crippen LogP contribution in [0.3, 0.4) is 0 Å². The van der Waals surface area contributed by atoms with Crippen molar-refractivity contribution in [2.75, 3.05) is 5.75 Å². The minimum atomic E-state index is -5.64. The van der Waals surface area contributed by atoms with Crippen LogP contribution in [-0.4, -0.2) is 19.7 Å². The van der Waals surface area contributed by atoms with E-state index in [-0.39, 0.29) is 10.2 Å². The van der Waals surface area contributed by atoms with Crippen molar-refractivity contribution in [3.8, 4) is 0 Å². The Morgan fingerprint density at radius 3 is 2.38 bits per heavy atom. The molecule has 0 aromatic heterocycles. The summed E-state index contributed by atoms with van der Waals surface area (Å²) in [5.41, 5.74) is -3.59. The number of hydrogen-bond donors (Lipinski definition) is 2. The third-order valence-corrected chi connectivity index (χ3v) is 6.29. The fraction of sp³-hybridized carbons (Fsp3) is 0.176. The van der Waals surface area contributed by atoms with E-state index in [1.165, 1.54) is 12.1 Å². The molecule has 0 heterocycles. The molecule has 1 unspecified atom stereocenters. The minimum absolute atomic E-state index is 0.138. The van der Waals surface area contributed by atoms with Crippen molar-refractivity contribution in [3.05, 3.63) is 75.8 Å². The summed E-state index contributed by atoms with van der Waals surface area (Å²) in [7, 11) is -6.88. The average Bonchev–Trinajstić information content (AvgIpc) is 2.54. The van der Waals surface area contributed by atoms with E-state index in [1.54, 1.807) is 6.08 Å². The van der Waals surface area contributed by atoms with Crippen molar-refractivity contribution in [2.45, 2.75) is 11.4 Å². The van der Waals surface area contributed by atoms with Gasteiger partial charge in [0, 0.05) is 32.3 Å². The quantitative estimate of drug-likeness (QED) is 0.585. The first-order valence-electron chi connectivity index (χ1n) is 7.40. The van der Waals surface area contributed by atoms with Gasteiger partial charge in [0.05, 0.1) is 0 Å². The number of rotatable bonds is 7. The molecular weight excluding hydrogens is 449 g/mol. The molecule has 4 nitrogen and oxygen atoms in total. The summed E-state index contributed by atoms with van der Waals surface area (Å²) in [6.07, 6.45) is 3.62. The second-order valence-electron chi connectivity index (χ2n) is 5.46. The third-order valence-electron chi connectivity index (χ3n) is 3.44. The lowest BCUT2D eigenvalue weighted by Gasteiger charge is -2.19. The number of hydrogen-bond acceptors (Lipinski definition) is 2. The molecule has 0 spiro atoms.